The van der Waals surface area contributed by atoms with Crippen molar-refractivity contribution in [3.05, 3.63) is 59.7 Å². The van der Waals surface area contributed by atoms with Gasteiger partial charge in [-0.1, -0.05) is 48.5 Å². The maximum Gasteiger partial charge on any atom is 0.407 e. The highest BCUT2D eigenvalue weighted by atomic mass is 32.2. The van der Waals surface area contributed by atoms with Gasteiger partial charge in [0, 0.05) is 25.4 Å². The summed E-state index contributed by atoms with van der Waals surface area (Å²) in [7, 11) is 0. The average Bonchev–Trinajstić information content (AvgIpc) is 3.43. The number of rotatable bonds is 9. The molecule has 1 aliphatic heterocycles. The highest BCUT2D eigenvalue weighted by molar-refractivity contribution is 7.98. The largest absolute Gasteiger partial charge is 0.481 e. The zero-order chi connectivity index (χ0) is 24.1. The van der Waals surface area contributed by atoms with Gasteiger partial charge < -0.3 is 20.1 Å². The summed E-state index contributed by atoms with van der Waals surface area (Å²) in [5.74, 6) is 0.0709. The number of carbonyl (C=O) groups is 3. The Bertz CT molecular complexity index is 1010. The van der Waals surface area contributed by atoms with Gasteiger partial charge in [0.05, 0.1) is 0 Å². The van der Waals surface area contributed by atoms with E-state index >= 15 is 0 Å². The van der Waals surface area contributed by atoms with Crippen molar-refractivity contribution >= 4 is 29.7 Å². The lowest BCUT2D eigenvalue weighted by atomic mass is 9.98. The van der Waals surface area contributed by atoms with Crippen LogP contribution in [0.3, 0.4) is 0 Å². The Kier molecular flexibility index (Phi) is 7.77. The summed E-state index contributed by atoms with van der Waals surface area (Å²) in [5.41, 5.74) is 4.48. The molecule has 2 N–H and O–H groups in total. The van der Waals surface area contributed by atoms with Crippen LogP contribution in [-0.4, -0.2) is 65.7 Å². The lowest BCUT2D eigenvalue weighted by molar-refractivity contribution is -0.137. The zero-order valence-corrected chi connectivity index (χ0v) is 20.1. The topological polar surface area (TPSA) is 95.9 Å². The van der Waals surface area contributed by atoms with Crippen LogP contribution in [0, 0.1) is 5.92 Å². The molecule has 1 saturated heterocycles. The summed E-state index contributed by atoms with van der Waals surface area (Å²) in [6, 6.07) is 15.2. The second-order valence-corrected chi connectivity index (χ2v) is 9.76. The minimum absolute atomic E-state index is 0.0298. The van der Waals surface area contributed by atoms with Crippen molar-refractivity contribution < 1.29 is 24.2 Å². The Morgan fingerprint density at radius 2 is 1.76 bits per heavy atom. The Labute approximate surface area is 203 Å². The van der Waals surface area contributed by atoms with Crippen LogP contribution in [0.2, 0.25) is 0 Å². The SMILES string of the molecule is CSCC1CCN(C(=O)C(CCC(=O)O)NC(=O)OCC2c3ccccc3-c3ccccc32)C1. The van der Waals surface area contributed by atoms with Crippen molar-refractivity contribution in [3.8, 4) is 11.1 Å². The predicted octanol–water partition coefficient (Wildman–Crippen LogP) is 3.97. The summed E-state index contributed by atoms with van der Waals surface area (Å²) in [6.45, 7) is 1.40. The van der Waals surface area contributed by atoms with Crippen molar-refractivity contribution in [2.24, 2.45) is 5.92 Å². The van der Waals surface area contributed by atoms with E-state index in [1.165, 1.54) is 0 Å². The van der Waals surface area contributed by atoms with E-state index in [1.54, 1.807) is 16.7 Å². The molecule has 0 spiro atoms. The summed E-state index contributed by atoms with van der Waals surface area (Å²) < 4.78 is 5.58. The molecule has 2 aliphatic rings. The first-order valence-corrected chi connectivity index (χ1v) is 13.0. The normalized spacial score (nSPS) is 17.7. The monoisotopic (exact) mass is 482 g/mol. The third-order valence-electron chi connectivity index (χ3n) is 6.58. The molecule has 2 atom stereocenters. The van der Waals surface area contributed by atoms with Gasteiger partial charge in [-0.3, -0.25) is 9.59 Å². The molecule has 0 radical (unpaired) electrons. The van der Waals surface area contributed by atoms with E-state index in [4.69, 9.17) is 9.84 Å². The van der Waals surface area contributed by atoms with Crippen molar-refractivity contribution in [1.29, 1.82) is 0 Å². The molecule has 7 nitrogen and oxygen atoms in total. The fourth-order valence-corrected chi connectivity index (χ4v) is 5.68. The Morgan fingerprint density at radius 3 is 2.38 bits per heavy atom. The van der Waals surface area contributed by atoms with Crippen LogP contribution < -0.4 is 5.32 Å². The van der Waals surface area contributed by atoms with Gasteiger partial charge in [0.1, 0.15) is 12.6 Å². The molecule has 8 heteroatoms. The van der Waals surface area contributed by atoms with Crippen molar-refractivity contribution in [3.63, 3.8) is 0 Å². The van der Waals surface area contributed by atoms with Crippen LogP contribution in [0.15, 0.2) is 48.5 Å². The summed E-state index contributed by atoms with van der Waals surface area (Å²) >= 11 is 1.75. The number of fused-ring (bicyclic) bond motifs is 3. The number of amides is 2. The van der Waals surface area contributed by atoms with Gasteiger partial charge in [0.15, 0.2) is 0 Å². The fraction of sp³-hybridized carbons (Fsp3) is 0.423. The predicted molar refractivity (Wildman–Crippen MR) is 132 cm³/mol. The van der Waals surface area contributed by atoms with E-state index < -0.39 is 18.1 Å². The van der Waals surface area contributed by atoms with Crippen LogP contribution >= 0.6 is 11.8 Å². The molecule has 0 aromatic heterocycles. The maximum atomic E-state index is 13.1. The molecule has 1 fully saturated rings. The summed E-state index contributed by atoms with van der Waals surface area (Å²) in [5, 5.41) is 11.8. The fourth-order valence-electron chi connectivity index (χ4n) is 4.93. The molecule has 2 amide bonds. The quantitative estimate of drug-likeness (QED) is 0.562. The van der Waals surface area contributed by atoms with Gasteiger partial charge in [-0.25, -0.2) is 4.79 Å². The smallest absolute Gasteiger partial charge is 0.407 e. The minimum atomic E-state index is -1.01. The molecular formula is C26H30N2O5S. The highest BCUT2D eigenvalue weighted by Crippen LogP contribution is 2.44. The van der Waals surface area contributed by atoms with E-state index in [0.717, 1.165) is 34.4 Å². The van der Waals surface area contributed by atoms with Crippen LogP contribution in [0.1, 0.15) is 36.3 Å². The Hall–Kier alpha value is -3.00. The third kappa shape index (κ3) is 5.38. The Morgan fingerprint density at radius 1 is 1.12 bits per heavy atom. The Balaban J connectivity index is 1.40. The average molecular weight is 483 g/mol. The molecular weight excluding hydrogens is 452 g/mol. The van der Waals surface area contributed by atoms with Gasteiger partial charge >= 0.3 is 12.1 Å². The number of thioether (sulfide) groups is 1. The first kappa shape index (κ1) is 24.1. The molecule has 0 saturated carbocycles. The molecule has 34 heavy (non-hydrogen) atoms. The molecule has 4 rings (SSSR count). The van der Waals surface area contributed by atoms with Crippen LogP contribution in [-0.2, 0) is 14.3 Å². The molecule has 1 aliphatic carbocycles. The van der Waals surface area contributed by atoms with Gasteiger partial charge in [0.25, 0.3) is 0 Å². The molecule has 2 unspecified atom stereocenters. The summed E-state index contributed by atoms with van der Waals surface area (Å²) in [6.07, 6.45) is 2.08. The number of nitrogens with zero attached hydrogens (tertiary/aromatic N) is 1. The first-order chi connectivity index (χ1) is 16.5. The van der Waals surface area contributed by atoms with Crippen LogP contribution in [0.25, 0.3) is 11.1 Å². The second kappa shape index (κ2) is 11.0. The number of carboxylic acids is 1. The minimum Gasteiger partial charge on any atom is -0.481 e. The van der Waals surface area contributed by atoms with Crippen LogP contribution in [0.4, 0.5) is 4.79 Å². The summed E-state index contributed by atoms with van der Waals surface area (Å²) in [4.78, 5) is 38.7. The second-order valence-electron chi connectivity index (χ2n) is 8.85. The van der Waals surface area contributed by atoms with Gasteiger partial charge in [-0.15, -0.1) is 0 Å². The number of likely N-dealkylation sites (tertiary alicyclic amines) is 1. The number of carboxylic acid groups (broad SMARTS) is 1. The number of benzene rings is 2. The third-order valence-corrected chi connectivity index (χ3v) is 7.39. The molecule has 2 aromatic carbocycles. The standard InChI is InChI=1S/C26H30N2O5S/c1-34-16-17-12-13-28(14-17)25(31)23(10-11-24(29)30)27-26(32)33-15-22-20-8-4-2-6-18(20)19-7-3-5-9-21(19)22/h2-9,17,22-23H,10-16H2,1H3,(H,27,32)(H,29,30). The van der Waals surface area contributed by atoms with E-state index in [2.05, 4.69) is 17.4 Å². The lowest BCUT2D eigenvalue weighted by Crippen LogP contribution is -2.48. The highest BCUT2D eigenvalue weighted by Gasteiger charge is 2.33. The van der Waals surface area contributed by atoms with E-state index in [9.17, 15) is 14.4 Å². The molecule has 180 valence electrons. The van der Waals surface area contributed by atoms with Gasteiger partial charge in [-0.2, -0.15) is 11.8 Å². The van der Waals surface area contributed by atoms with E-state index in [0.29, 0.717) is 19.0 Å². The van der Waals surface area contributed by atoms with Crippen molar-refractivity contribution in [2.45, 2.75) is 31.2 Å². The van der Waals surface area contributed by atoms with E-state index in [1.807, 2.05) is 42.7 Å². The first-order valence-electron chi connectivity index (χ1n) is 11.6. The molecule has 0 bridgehead atoms. The number of carbonyl (C=O) groups excluding carboxylic acids is 2. The van der Waals surface area contributed by atoms with E-state index in [-0.39, 0.29) is 31.3 Å². The van der Waals surface area contributed by atoms with Crippen LogP contribution in [0.5, 0.6) is 0 Å². The van der Waals surface area contributed by atoms with Crippen molar-refractivity contribution in [2.75, 3.05) is 31.7 Å². The number of nitrogens with one attached hydrogen (secondary N) is 1. The number of hydrogen-bond acceptors (Lipinski definition) is 5. The number of alkyl carbamates (subject to hydrolysis) is 1. The maximum absolute atomic E-state index is 13.1. The lowest BCUT2D eigenvalue weighted by Gasteiger charge is -2.24. The van der Waals surface area contributed by atoms with Crippen molar-refractivity contribution in [1.82, 2.24) is 10.2 Å². The number of hydrogen-bond donors (Lipinski definition) is 2. The van der Waals surface area contributed by atoms with Gasteiger partial charge in [0.2, 0.25) is 5.91 Å². The number of ether oxygens (including phenoxy) is 1. The number of aliphatic carboxylic acids is 1. The van der Waals surface area contributed by atoms with Gasteiger partial charge in [-0.05, 0) is 53.0 Å². The zero-order valence-electron chi connectivity index (χ0n) is 19.2. The molecule has 2 aromatic rings. The molecule has 1 heterocycles.